The quantitative estimate of drug-likeness (QED) is 0.858. The van der Waals surface area contributed by atoms with Gasteiger partial charge in [-0.05, 0) is 26.2 Å². The highest BCUT2D eigenvalue weighted by Crippen LogP contribution is 2.30. The Labute approximate surface area is 111 Å². The van der Waals surface area contributed by atoms with Crippen molar-refractivity contribution in [2.75, 3.05) is 26.4 Å². The standard InChI is InChI=1S/C12H15ClN4O/c1-17(2)7-6-10-15-12(18-16-10)8-4-3-5-9(13)11(8)14/h3-5H,6-7,14H2,1-2H3. The van der Waals surface area contributed by atoms with Crippen molar-refractivity contribution < 1.29 is 4.52 Å². The van der Waals surface area contributed by atoms with E-state index >= 15 is 0 Å². The third-order valence-electron chi connectivity index (χ3n) is 2.53. The second-order valence-electron chi connectivity index (χ2n) is 4.27. The van der Waals surface area contributed by atoms with Gasteiger partial charge in [0.05, 0.1) is 16.3 Å². The number of hydrogen-bond donors (Lipinski definition) is 1. The molecule has 0 aliphatic heterocycles. The van der Waals surface area contributed by atoms with Gasteiger partial charge < -0.3 is 15.2 Å². The summed E-state index contributed by atoms with van der Waals surface area (Å²) in [6.45, 7) is 0.865. The summed E-state index contributed by atoms with van der Waals surface area (Å²) >= 11 is 5.95. The summed E-state index contributed by atoms with van der Waals surface area (Å²) in [4.78, 5) is 6.37. The minimum atomic E-state index is 0.406. The Morgan fingerprint density at radius 1 is 1.39 bits per heavy atom. The number of halogens is 1. The topological polar surface area (TPSA) is 68.2 Å². The van der Waals surface area contributed by atoms with E-state index in [2.05, 4.69) is 15.0 Å². The van der Waals surface area contributed by atoms with Gasteiger partial charge in [-0.15, -0.1) is 0 Å². The molecule has 0 saturated heterocycles. The van der Waals surface area contributed by atoms with Gasteiger partial charge in [0.15, 0.2) is 5.82 Å². The van der Waals surface area contributed by atoms with Crippen molar-refractivity contribution in [2.45, 2.75) is 6.42 Å². The summed E-state index contributed by atoms with van der Waals surface area (Å²) in [6.07, 6.45) is 0.733. The zero-order valence-electron chi connectivity index (χ0n) is 10.4. The van der Waals surface area contributed by atoms with Gasteiger partial charge in [0.25, 0.3) is 5.89 Å². The van der Waals surface area contributed by atoms with E-state index in [0.29, 0.717) is 28.0 Å². The van der Waals surface area contributed by atoms with Crippen LogP contribution in [0.1, 0.15) is 5.82 Å². The Kier molecular flexibility index (Phi) is 3.84. The maximum absolute atomic E-state index is 5.95. The van der Waals surface area contributed by atoms with E-state index in [9.17, 15) is 0 Å². The summed E-state index contributed by atoms with van der Waals surface area (Å²) in [5.41, 5.74) is 7.01. The number of nitrogens with two attached hydrogens (primary N) is 1. The first-order valence-corrected chi connectivity index (χ1v) is 5.97. The van der Waals surface area contributed by atoms with Crippen LogP contribution in [0.3, 0.4) is 0 Å². The Morgan fingerprint density at radius 3 is 2.89 bits per heavy atom. The van der Waals surface area contributed by atoms with Gasteiger partial charge in [0, 0.05) is 13.0 Å². The van der Waals surface area contributed by atoms with Crippen molar-refractivity contribution >= 4 is 17.3 Å². The Balaban J connectivity index is 2.21. The highest BCUT2D eigenvalue weighted by Gasteiger charge is 2.13. The smallest absolute Gasteiger partial charge is 0.260 e. The van der Waals surface area contributed by atoms with Crippen LogP contribution in [0, 0.1) is 0 Å². The molecule has 1 aromatic heterocycles. The monoisotopic (exact) mass is 266 g/mol. The highest BCUT2D eigenvalue weighted by atomic mass is 35.5. The molecule has 0 bridgehead atoms. The lowest BCUT2D eigenvalue weighted by atomic mass is 10.2. The molecule has 1 aromatic carbocycles. The van der Waals surface area contributed by atoms with Gasteiger partial charge >= 0.3 is 0 Å². The Morgan fingerprint density at radius 2 is 2.17 bits per heavy atom. The first-order valence-electron chi connectivity index (χ1n) is 5.59. The predicted molar refractivity (Wildman–Crippen MR) is 71.4 cm³/mol. The predicted octanol–water partition coefficient (Wildman–Crippen LogP) is 2.08. The number of hydrogen-bond acceptors (Lipinski definition) is 5. The summed E-state index contributed by atoms with van der Waals surface area (Å²) in [5, 5.41) is 4.41. The van der Waals surface area contributed by atoms with E-state index in [-0.39, 0.29) is 0 Å². The number of nitrogen functional groups attached to an aromatic ring is 1. The molecule has 0 radical (unpaired) electrons. The molecular formula is C12H15ClN4O. The average molecular weight is 267 g/mol. The maximum atomic E-state index is 5.95. The van der Waals surface area contributed by atoms with Crippen LogP contribution in [-0.4, -0.2) is 35.7 Å². The fourth-order valence-electron chi connectivity index (χ4n) is 1.51. The van der Waals surface area contributed by atoms with E-state index in [1.807, 2.05) is 20.2 Å². The first kappa shape index (κ1) is 12.9. The van der Waals surface area contributed by atoms with E-state index < -0.39 is 0 Å². The lowest BCUT2D eigenvalue weighted by Gasteiger charge is -2.05. The highest BCUT2D eigenvalue weighted by molar-refractivity contribution is 6.33. The van der Waals surface area contributed by atoms with Gasteiger partial charge in [-0.3, -0.25) is 0 Å². The molecule has 0 aliphatic carbocycles. The van der Waals surface area contributed by atoms with Crippen molar-refractivity contribution in [2.24, 2.45) is 0 Å². The number of likely N-dealkylation sites (N-methyl/N-ethyl adjacent to an activating group) is 1. The lowest BCUT2D eigenvalue weighted by Crippen LogP contribution is -2.15. The van der Waals surface area contributed by atoms with E-state index in [0.717, 1.165) is 13.0 Å². The van der Waals surface area contributed by atoms with Crippen molar-refractivity contribution in [3.05, 3.63) is 29.0 Å². The Hall–Kier alpha value is -1.59. The van der Waals surface area contributed by atoms with Crippen LogP contribution in [0.5, 0.6) is 0 Å². The number of aromatic nitrogens is 2. The van der Waals surface area contributed by atoms with Crippen molar-refractivity contribution in [3.63, 3.8) is 0 Å². The van der Waals surface area contributed by atoms with Gasteiger partial charge in [-0.1, -0.05) is 22.8 Å². The lowest BCUT2D eigenvalue weighted by molar-refractivity contribution is 0.392. The van der Waals surface area contributed by atoms with Crippen LogP contribution in [0.25, 0.3) is 11.5 Å². The maximum Gasteiger partial charge on any atom is 0.260 e. The molecular weight excluding hydrogens is 252 g/mol. The van der Waals surface area contributed by atoms with Gasteiger partial charge in [-0.2, -0.15) is 4.98 Å². The largest absolute Gasteiger partial charge is 0.397 e. The van der Waals surface area contributed by atoms with Gasteiger partial charge in [-0.25, -0.2) is 0 Å². The third-order valence-corrected chi connectivity index (χ3v) is 2.86. The van der Waals surface area contributed by atoms with Crippen molar-refractivity contribution in [1.82, 2.24) is 15.0 Å². The van der Waals surface area contributed by atoms with Crippen LogP contribution in [-0.2, 0) is 6.42 Å². The summed E-state index contributed by atoms with van der Waals surface area (Å²) in [5.74, 6) is 1.07. The van der Waals surface area contributed by atoms with Crippen LogP contribution in [0.15, 0.2) is 22.7 Å². The minimum Gasteiger partial charge on any atom is -0.397 e. The molecule has 5 nitrogen and oxygen atoms in total. The molecule has 2 aromatic rings. The second kappa shape index (κ2) is 5.37. The molecule has 18 heavy (non-hydrogen) atoms. The zero-order chi connectivity index (χ0) is 13.1. The van der Waals surface area contributed by atoms with Gasteiger partial charge in [0.1, 0.15) is 0 Å². The van der Waals surface area contributed by atoms with E-state index in [1.165, 1.54) is 0 Å². The number of rotatable bonds is 4. The van der Waals surface area contributed by atoms with Crippen LogP contribution in [0.4, 0.5) is 5.69 Å². The zero-order valence-corrected chi connectivity index (χ0v) is 11.1. The van der Waals surface area contributed by atoms with E-state index in [1.54, 1.807) is 12.1 Å². The minimum absolute atomic E-state index is 0.406. The molecule has 0 spiro atoms. The Bertz CT molecular complexity index is 539. The molecule has 0 saturated carbocycles. The molecule has 0 unspecified atom stereocenters. The molecule has 0 atom stereocenters. The van der Waals surface area contributed by atoms with Crippen LogP contribution in [0.2, 0.25) is 5.02 Å². The van der Waals surface area contributed by atoms with Crippen molar-refractivity contribution in [3.8, 4) is 11.5 Å². The average Bonchev–Trinajstić information content (AvgIpc) is 2.78. The normalized spacial score (nSPS) is 11.1. The fourth-order valence-corrected chi connectivity index (χ4v) is 1.69. The van der Waals surface area contributed by atoms with E-state index in [4.69, 9.17) is 21.9 Å². The van der Waals surface area contributed by atoms with Crippen LogP contribution < -0.4 is 5.73 Å². The van der Waals surface area contributed by atoms with Crippen molar-refractivity contribution in [1.29, 1.82) is 0 Å². The molecule has 2 rings (SSSR count). The summed E-state index contributed by atoms with van der Waals surface area (Å²) in [7, 11) is 3.99. The second-order valence-corrected chi connectivity index (χ2v) is 4.68. The number of benzene rings is 1. The summed E-state index contributed by atoms with van der Waals surface area (Å²) < 4.78 is 5.20. The molecule has 1 heterocycles. The molecule has 96 valence electrons. The third kappa shape index (κ3) is 2.80. The van der Waals surface area contributed by atoms with Crippen LogP contribution >= 0.6 is 11.6 Å². The molecule has 0 aliphatic rings. The first-order chi connectivity index (χ1) is 8.58. The number of nitrogens with zero attached hydrogens (tertiary/aromatic N) is 3. The SMILES string of the molecule is CN(C)CCc1noc(-c2cccc(Cl)c2N)n1. The molecule has 6 heteroatoms. The molecule has 2 N–H and O–H groups in total. The fraction of sp³-hybridized carbons (Fsp3) is 0.333. The number of para-hydroxylation sites is 1. The molecule has 0 fully saturated rings. The number of anilines is 1. The van der Waals surface area contributed by atoms with Gasteiger partial charge in [0.2, 0.25) is 0 Å². The summed E-state index contributed by atoms with van der Waals surface area (Å²) in [6, 6.07) is 5.34. The molecule has 0 amide bonds.